The summed E-state index contributed by atoms with van der Waals surface area (Å²) in [6, 6.07) is 17.3. The van der Waals surface area contributed by atoms with Gasteiger partial charge < -0.3 is 15.0 Å². The third kappa shape index (κ3) is 4.11. The van der Waals surface area contributed by atoms with E-state index in [4.69, 9.17) is 4.74 Å². The van der Waals surface area contributed by atoms with Gasteiger partial charge in [0.05, 0.1) is 12.6 Å². The summed E-state index contributed by atoms with van der Waals surface area (Å²) in [5.41, 5.74) is 1.97. The smallest absolute Gasteiger partial charge is 0.234 e. The average Bonchev–Trinajstić information content (AvgIpc) is 2.91. The number of hydrogen-bond acceptors (Lipinski definition) is 4. The van der Waals surface area contributed by atoms with Crippen molar-refractivity contribution in [1.82, 2.24) is 10.2 Å². The number of benzene rings is 2. The number of para-hydroxylation sites is 2. The average molecular weight is 365 g/mol. The minimum absolute atomic E-state index is 0.0450. The monoisotopic (exact) mass is 365 g/mol. The van der Waals surface area contributed by atoms with Gasteiger partial charge in [0.25, 0.3) is 0 Å². The SMILES string of the molecule is O=C(CN1CCOc2ccccc2C1)NC1CC(=O)N(c2ccccc2)C1. The number of hydrogen-bond donors (Lipinski definition) is 1. The first-order valence-corrected chi connectivity index (χ1v) is 9.27. The number of nitrogens with one attached hydrogen (secondary N) is 1. The standard InChI is InChI=1S/C21H23N3O3/c25-20(15-23-10-11-27-19-9-5-4-6-16(19)13-23)22-17-12-21(26)24(14-17)18-7-2-1-3-8-18/h1-9,17H,10-15H2,(H,22,25). The minimum atomic E-state index is -0.152. The summed E-state index contributed by atoms with van der Waals surface area (Å²) < 4.78 is 5.75. The highest BCUT2D eigenvalue weighted by molar-refractivity contribution is 5.96. The number of fused-ring (bicyclic) bond motifs is 1. The van der Waals surface area contributed by atoms with Crippen LogP contribution in [-0.4, -0.2) is 49.0 Å². The Kier molecular flexibility index (Phi) is 5.07. The summed E-state index contributed by atoms with van der Waals surface area (Å²) in [5.74, 6) is 0.881. The molecule has 2 aliphatic rings. The van der Waals surface area contributed by atoms with Crippen LogP contribution in [0.15, 0.2) is 54.6 Å². The van der Waals surface area contributed by atoms with E-state index in [1.165, 1.54) is 0 Å². The molecule has 0 saturated carbocycles. The second kappa shape index (κ2) is 7.80. The molecule has 140 valence electrons. The number of carbonyl (C=O) groups excluding carboxylic acids is 2. The van der Waals surface area contributed by atoms with Crippen molar-refractivity contribution in [3.63, 3.8) is 0 Å². The van der Waals surface area contributed by atoms with Gasteiger partial charge in [-0.2, -0.15) is 0 Å². The van der Waals surface area contributed by atoms with E-state index in [0.29, 0.717) is 39.2 Å². The Balaban J connectivity index is 1.33. The molecule has 1 atom stereocenters. The molecule has 1 saturated heterocycles. The first kappa shape index (κ1) is 17.5. The van der Waals surface area contributed by atoms with Gasteiger partial charge in [0.1, 0.15) is 12.4 Å². The summed E-state index contributed by atoms with van der Waals surface area (Å²) in [6.45, 7) is 2.76. The number of anilines is 1. The summed E-state index contributed by atoms with van der Waals surface area (Å²) in [6.07, 6.45) is 0.340. The van der Waals surface area contributed by atoms with Crippen LogP contribution < -0.4 is 15.0 Å². The summed E-state index contributed by atoms with van der Waals surface area (Å²) in [7, 11) is 0. The van der Waals surface area contributed by atoms with E-state index in [-0.39, 0.29) is 17.9 Å². The molecule has 2 heterocycles. The fourth-order valence-electron chi connectivity index (χ4n) is 3.65. The Morgan fingerprint density at radius 1 is 1.11 bits per heavy atom. The van der Waals surface area contributed by atoms with E-state index in [0.717, 1.165) is 17.0 Å². The molecule has 1 fully saturated rings. The van der Waals surface area contributed by atoms with E-state index in [1.54, 1.807) is 4.90 Å². The fraction of sp³-hybridized carbons (Fsp3) is 0.333. The zero-order valence-electron chi connectivity index (χ0n) is 15.1. The van der Waals surface area contributed by atoms with Crippen molar-refractivity contribution in [2.45, 2.75) is 19.0 Å². The fourth-order valence-corrected chi connectivity index (χ4v) is 3.65. The molecule has 2 amide bonds. The maximum absolute atomic E-state index is 12.5. The lowest BCUT2D eigenvalue weighted by Crippen LogP contribution is -2.43. The first-order chi connectivity index (χ1) is 13.2. The molecule has 4 rings (SSSR count). The number of ether oxygens (including phenoxy) is 1. The van der Waals surface area contributed by atoms with Crippen molar-refractivity contribution in [2.75, 3.05) is 31.1 Å². The van der Waals surface area contributed by atoms with Gasteiger partial charge in [0.2, 0.25) is 11.8 Å². The lowest BCUT2D eigenvalue weighted by Gasteiger charge is -2.21. The molecule has 6 heteroatoms. The van der Waals surface area contributed by atoms with Crippen molar-refractivity contribution in [2.24, 2.45) is 0 Å². The van der Waals surface area contributed by atoms with Gasteiger partial charge >= 0.3 is 0 Å². The normalized spacial score (nSPS) is 19.9. The van der Waals surface area contributed by atoms with Crippen molar-refractivity contribution < 1.29 is 14.3 Å². The van der Waals surface area contributed by atoms with Crippen LogP contribution in [0.3, 0.4) is 0 Å². The zero-order valence-corrected chi connectivity index (χ0v) is 15.1. The maximum atomic E-state index is 12.5. The molecule has 2 aromatic carbocycles. The minimum Gasteiger partial charge on any atom is -0.492 e. The van der Waals surface area contributed by atoms with E-state index in [1.807, 2.05) is 54.6 Å². The van der Waals surface area contributed by atoms with Crippen LogP contribution in [0.25, 0.3) is 0 Å². The molecule has 0 spiro atoms. The molecule has 2 aliphatic heterocycles. The molecule has 0 radical (unpaired) electrons. The van der Waals surface area contributed by atoms with Crippen LogP contribution in [-0.2, 0) is 16.1 Å². The molecule has 1 N–H and O–H groups in total. The highest BCUT2D eigenvalue weighted by Gasteiger charge is 2.31. The topological polar surface area (TPSA) is 61.9 Å². The van der Waals surface area contributed by atoms with Gasteiger partial charge in [-0.3, -0.25) is 14.5 Å². The Morgan fingerprint density at radius 2 is 1.89 bits per heavy atom. The molecule has 0 aromatic heterocycles. The van der Waals surface area contributed by atoms with Crippen LogP contribution in [0.1, 0.15) is 12.0 Å². The highest BCUT2D eigenvalue weighted by Crippen LogP contribution is 2.23. The van der Waals surface area contributed by atoms with Crippen molar-refractivity contribution in [3.05, 3.63) is 60.2 Å². The van der Waals surface area contributed by atoms with Crippen LogP contribution in [0.2, 0.25) is 0 Å². The lowest BCUT2D eigenvalue weighted by atomic mass is 10.2. The largest absolute Gasteiger partial charge is 0.492 e. The Labute approximate surface area is 158 Å². The maximum Gasteiger partial charge on any atom is 0.234 e. The van der Waals surface area contributed by atoms with Crippen LogP contribution in [0.5, 0.6) is 5.75 Å². The van der Waals surface area contributed by atoms with Crippen molar-refractivity contribution in [3.8, 4) is 5.75 Å². The second-order valence-corrected chi connectivity index (χ2v) is 6.98. The third-order valence-electron chi connectivity index (χ3n) is 4.96. The second-order valence-electron chi connectivity index (χ2n) is 6.98. The molecular formula is C21H23N3O3. The van der Waals surface area contributed by atoms with E-state index < -0.39 is 0 Å². The summed E-state index contributed by atoms with van der Waals surface area (Å²) in [5, 5.41) is 3.02. The first-order valence-electron chi connectivity index (χ1n) is 9.27. The third-order valence-corrected chi connectivity index (χ3v) is 4.96. The number of nitrogens with zero attached hydrogens (tertiary/aromatic N) is 2. The number of carbonyl (C=O) groups is 2. The summed E-state index contributed by atoms with van der Waals surface area (Å²) in [4.78, 5) is 28.6. The Bertz CT molecular complexity index is 824. The van der Waals surface area contributed by atoms with Crippen molar-refractivity contribution >= 4 is 17.5 Å². The van der Waals surface area contributed by atoms with Gasteiger partial charge in [0.15, 0.2) is 0 Å². The molecule has 6 nitrogen and oxygen atoms in total. The highest BCUT2D eigenvalue weighted by atomic mass is 16.5. The zero-order chi connectivity index (χ0) is 18.6. The van der Waals surface area contributed by atoms with Crippen molar-refractivity contribution in [1.29, 1.82) is 0 Å². The Hall–Kier alpha value is -2.86. The molecular weight excluding hydrogens is 342 g/mol. The number of rotatable bonds is 4. The molecule has 27 heavy (non-hydrogen) atoms. The van der Waals surface area contributed by atoms with Crippen LogP contribution in [0.4, 0.5) is 5.69 Å². The molecule has 1 unspecified atom stereocenters. The van der Waals surface area contributed by atoms with Crippen LogP contribution in [0, 0.1) is 0 Å². The van der Waals surface area contributed by atoms with E-state index in [9.17, 15) is 9.59 Å². The predicted molar refractivity (Wildman–Crippen MR) is 103 cm³/mol. The molecule has 0 bridgehead atoms. The van der Waals surface area contributed by atoms with Gasteiger partial charge in [0, 0.05) is 37.3 Å². The van der Waals surface area contributed by atoms with Gasteiger partial charge in [-0.1, -0.05) is 36.4 Å². The van der Waals surface area contributed by atoms with Gasteiger partial charge in [-0.15, -0.1) is 0 Å². The van der Waals surface area contributed by atoms with Gasteiger partial charge in [-0.05, 0) is 18.2 Å². The predicted octanol–water partition coefficient (Wildman–Crippen LogP) is 1.80. The number of amides is 2. The van der Waals surface area contributed by atoms with Gasteiger partial charge in [-0.25, -0.2) is 0 Å². The van der Waals surface area contributed by atoms with Crippen LogP contribution >= 0.6 is 0 Å². The molecule has 0 aliphatic carbocycles. The van der Waals surface area contributed by atoms with E-state index >= 15 is 0 Å². The Morgan fingerprint density at radius 3 is 2.74 bits per heavy atom. The lowest BCUT2D eigenvalue weighted by molar-refractivity contribution is -0.123. The quantitative estimate of drug-likeness (QED) is 0.898. The van der Waals surface area contributed by atoms with E-state index in [2.05, 4.69) is 10.2 Å². The summed E-state index contributed by atoms with van der Waals surface area (Å²) >= 11 is 0. The molecule has 2 aromatic rings.